The number of hydrogen-bond donors (Lipinski definition) is 2. The van der Waals surface area contributed by atoms with Gasteiger partial charge in [-0.2, -0.15) is 0 Å². The van der Waals surface area contributed by atoms with Crippen molar-refractivity contribution in [3.63, 3.8) is 0 Å². The summed E-state index contributed by atoms with van der Waals surface area (Å²) in [6.07, 6.45) is 3.27. The molecule has 0 unspecified atom stereocenters. The van der Waals surface area contributed by atoms with Crippen LogP contribution in [0.3, 0.4) is 0 Å². The van der Waals surface area contributed by atoms with Crippen molar-refractivity contribution in [1.29, 1.82) is 0 Å². The van der Waals surface area contributed by atoms with Gasteiger partial charge >= 0.3 is 0 Å². The summed E-state index contributed by atoms with van der Waals surface area (Å²) in [6, 6.07) is 21.3. The Morgan fingerprint density at radius 3 is 1.31 bits per heavy atom. The molecule has 0 saturated heterocycles. The second-order valence-corrected chi connectivity index (χ2v) is 18.6. The first-order valence-electron chi connectivity index (χ1n) is 11.6. The molecule has 4 heterocycles. The van der Waals surface area contributed by atoms with Gasteiger partial charge in [0, 0.05) is 32.1 Å². The molecule has 216 valence electrons. The highest BCUT2D eigenvalue weighted by molar-refractivity contribution is 9.14. The Labute approximate surface area is 283 Å². The van der Waals surface area contributed by atoms with E-state index in [2.05, 4.69) is 83.1 Å². The molecule has 2 N–H and O–H groups in total. The Morgan fingerprint density at radius 2 is 0.952 bits per heavy atom. The van der Waals surface area contributed by atoms with E-state index in [1.54, 1.807) is 48.8 Å². The number of hydrogen-bond acceptors (Lipinski definition) is 8. The molecule has 6 aromatic rings. The van der Waals surface area contributed by atoms with Crippen LogP contribution < -0.4 is 9.44 Å². The van der Waals surface area contributed by atoms with E-state index in [1.807, 2.05) is 36.4 Å². The molecule has 0 amide bonds. The zero-order chi connectivity index (χ0) is 30.1. The molecule has 0 radical (unpaired) electrons. The van der Waals surface area contributed by atoms with E-state index in [0.717, 1.165) is 41.0 Å². The predicted molar refractivity (Wildman–Crippen MR) is 185 cm³/mol. The zero-order valence-electron chi connectivity index (χ0n) is 20.8. The molecule has 8 nitrogen and oxygen atoms in total. The monoisotopic (exact) mass is 892 g/mol. The Morgan fingerprint density at radius 1 is 0.571 bits per heavy atom. The van der Waals surface area contributed by atoms with E-state index < -0.39 is 20.0 Å². The summed E-state index contributed by atoms with van der Waals surface area (Å²) in [4.78, 5) is 8.48. The van der Waals surface area contributed by atoms with Crippen LogP contribution >= 0.6 is 86.4 Å². The van der Waals surface area contributed by atoms with Crippen molar-refractivity contribution in [3.8, 4) is 0 Å². The maximum absolute atomic E-state index is 12.4. The van der Waals surface area contributed by atoms with Crippen LogP contribution in [-0.4, -0.2) is 26.8 Å². The molecule has 6 rings (SSSR count). The van der Waals surface area contributed by atoms with Crippen molar-refractivity contribution < 1.29 is 16.8 Å². The number of anilines is 2. The van der Waals surface area contributed by atoms with Crippen LogP contribution in [0.15, 0.2) is 110 Å². The summed E-state index contributed by atoms with van der Waals surface area (Å²) in [6.45, 7) is 0. The standard InChI is InChI=1S/2C13H8Br2N2O2S2/c2*14-9-7-11(20-13(9)15)21(18,19)17-10-5-1-3-8-4-2-6-16-12(8)10/h2*1-7,17H. The summed E-state index contributed by atoms with van der Waals surface area (Å²) < 4.78 is 58.3. The van der Waals surface area contributed by atoms with E-state index in [1.165, 1.54) is 0 Å². The van der Waals surface area contributed by atoms with Crippen LogP contribution in [0.1, 0.15) is 0 Å². The molecule has 0 aliphatic heterocycles. The van der Waals surface area contributed by atoms with Crippen LogP contribution in [0.25, 0.3) is 21.8 Å². The molecule has 0 spiro atoms. The number of benzene rings is 2. The number of pyridine rings is 2. The fraction of sp³-hybridized carbons (Fsp3) is 0. The van der Waals surface area contributed by atoms with E-state index in [9.17, 15) is 16.8 Å². The predicted octanol–water partition coefficient (Wildman–Crippen LogP) is 9.24. The minimum atomic E-state index is -3.64. The number of para-hydroxylation sites is 2. The van der Waals surface area contributed by atoms with Gasteiger partial charge in [-0.3, -0.25) is 19.4 Å². The number of rotatable bonds is 6. The molecule has 16 heteroatoms. The van der Waals surface area contributed by atoms with Gasteiger partial charge < -0.3 is 0 Å². The number of nitrogens with one attached hydrogen (secondary N) is 2. The van der Waals surface area contributed by atoms with Crippen LogP contribution in [0.5, 0.6) is 0 Å². The van der Waals surface area contributed by atoms with Crippen molar-refractivity contribution in [2.45, 2.75) is 8.42 Å². The first kappa shape index (κ1) is 31.5. The third-order valence-electron chi connectivity index (χ3n) is 5.53. The SMILES string of the molecule is O=S(=O)(Nc1cccc2cccnc12)c1cc(Br)c(Br)s1.O=S(=O)(Nc1cccc2cccnc12)c1cc(Br)c(Br)s1. The van der Waals surface area contributed by atoms with Crippen molar-refractivity contribution in [1.82, 2.24) is 9.97 Å². The summed E-state index contributed by atoms with van der Waals surface area (Å²) >= 11 is 15.5. The van der Waals surface area contributed by atoms with Gasteiger partial charge in [0.2, 0.25) is 0 Å². The van der Waals surface area contributed by atoms with E-state index in [-0.39, 0.29) is 8.42 Å². The van der Waals surface area contributed by atoms with Gasteiger partial charge in [-0.05, 0) is 100 Å². The normalized spacial score (nSPS) is 11.7. The topological polar surface area (TPSA) is 118 Å². The van der Waals surface area contributed by atoms with Crippen LogP contribution in [0, 0.1) is 0 Å². The lowest BCUT2D eigenvalue weighted by Gasteiger charge is -2.08. The Hall–Kier alpha value is -1.92. The molecule has 0 aliphatic rings. The highest BCUT2D eigenvalue weighted by Gasteiger charge is 2.21. The van der Waals surface area contributed by atoms with E-state index in [4.69, 9.17) is 0 Å². The second-order valence-electron chi connectivity index (χ2n) is 8.35. The van der Waals surface area contributed by atoms with Gasteiger partial charge in [-0.15, -0.1) is 22.7 Å². The van der Waals surface area contributed by atoms with Gasteiger partial charge in [0.15, 0.2) is 0 Å². The van der Waals surface area contributed by atoms with Crippen molar-refractivity contribution >= 4 is 140 Å². The lowest BCUT2D eigenvalue weighted by molar-refractivity contribution is 0.601. The molecule has 2 aromatic carbocycles. The number of thiophene rings is 2. The summed E-state index contributed by atoms with van der Waals surface area (Å²) in [5.74, 6) is 0. The zero-order valence-corrected chi connectivity index (χ0v) is 30.4. The number of nitrogens with zero attached hydrogens (tertiary/aromatic N) is 2. The van der Waals surface area contributed by atoms with Crippen molar-refractivity contribution in [2.24, 2.45) is 0 Å². The minimum absolute atomic E-state index is 0.231. The van der Waals surface area contributed by atoms with Crippen molar-refractivity contribution in [2.75, 3.05) is 9.44 Å². The Kier molecular flexibility index (Phi) is 9.73. The van der Waals surface area contributed by atoms with Gasteiger partial charge in [0.1, 0.15) is 8.42 Å². The number of halogens is 4. The summed E-state index contributed by atoms with van der Waals surface area (Å²) in [7, 11) is -7.28. The lowest BCUT2D eigenvalue weighted by atomic mass is 10.2. The van der Waals surface area contributed by atoms with Crippen LogP contribution in [-0.2, 0) is 20.0 Å². The largest absolute Gasteiger partial charge is 0.277 e. The number of aromatic nitrogens is 2. The molecule has 0 fully saturated rings. The smallest absolute Gasteiger partial charge is 0.271 e. The maximum atomic E-state index is 12.4. The number of fused-ring (bicyclic) bond motifs is 2. The third kappa shape index (κ3) is 7.07. The average Bonchev–Trinajstić information content (AvgIpc) is 3.50. The molecule has 4 aromatic heterocycles. The molecule has 0 atom stereocenters. The maximum Gasteiger partial charge on any atom is 0.271 e. The molecule has 0 aliphatic carbocycles. The molecular formula is C26H16Br4N4O4S4. The fourth-order valence-corrected chi connectivity index (χ4v) is 11.5. The summed E-state index contributed by atoms with van der Waals surface area (Å²) in [5, 5.41) is 1.76. The Balaban J connectivity index is 0.000000168. The van der Waals surface area contributed by atoms with Gasteiger partial charge in [0.05, 0.1) is 30.0 Å². The highest BCUT2D eigenvalue weighted by atomic mass is 79.9. The molecular weight excluding hydrogens is 880 g/mol. The van der Waals surface area contributed by atoms with Crippen molar-refractivity contribution in [3.05, 3.63) is 102 Å². The van der Waals surface area contributed by atoms with E-state index >= 15 is 0 Å². The fourth-order valence-electron chi connectivity index (χ4n) is 3.68. The highest BCUT2D eigenvalue weighted by Crippen LogP contribution is 2.37. The van der Waals surface area contributed by atoms with Gasteiger partial charge in [0.25, 0.3) is 20.0 Å². The van der Waals surface area contributed by atoms with Crippen LogP contribution in [0.4, 0.5) is 11.4 Å². The third-order valence-corrected chi connectivity index (χ3v) is 15.7. The first-order chi connectivity index (χ1) is 19.9. The number of sulfonamides is 2. The molecule has 42 heavy (non-hydrogen) atoms. The summed E-state index contributed by atoms with van der Waals surface area (Å²) in [5.41, 5.74) is 2.18. The Bertz CT molecular complexity index is 1950. The lowest BCUT2D eigenvalue weighted by Crippen LogP contribution is -2.11. The second kappa shape index (κ2) is 13.0. The minimum Gasteiger partial charge on any atom is -0.277 e. The van der Waals surface area contributed by atoms with E-state index in [0.29, 0.717) is 31.4 Å². The molecule has 0 bridgehead atoms. The van der Waals surface area contributed by atoms with Crippen LogP contribution in [0.2, 0.25) is 0 Å². The average molecular weight is 896 g/mol. The molecule has 0 saturated carbocycles. The van der Waals surface area contributed by atoms with Gasteiger partial charge in [-0.25, -0.2) is 16.8 Å². The quantitative estimate of drug-likeness (QED) is 0.172. The van der Waals surface area contributed by atoms with Gasteiger partial charge in [-0.1, -0.05) is 36.4 Å². The first-order valence-corrected chi connectivity index (χ1v) is 19.3.